The molecular weight excluding hydrogens is 480 g/mol. The molecule has 13 heteroatoms. The predicted molar refractivity (Wildman–Crippen MR) is 125 cm³/mol. The Morgan fingerprint density at radius 2 is 1.89 bits per heavy atom. The van der Waals surface area contributed by atoms with Crippen LogP contribution in [0.2, 0.25) is 5.02 Å². The van der Waals surface area contributed by atoms with Crippen LogP contribution in [0.15, 0.2) is 48.5 Å². The zero-order chi connectivity index (χ0) is 24.9. The minimum Gasteiger partial charge on any atom is -0.493 e. The smallest absolute Gasteiger partial charge is 0.270 e. The maximum Gasteiger partial charge on any atom is 0.270 e. The van der Waals surface area contributed by atoms with Crippen molar-refractivity contribution < 1.29 is 23.9 Å². The fourth-order valence-electron chi connectivity index (χ4n) is 3.22. The molecule has 0 aliphatic carbocycles. The summed E-state index contributed by atoms with van der Waals surface area (Å²) in [6.07, 6.45) is 0. The van der Waals surface area contributed by atoms with Crippen molar-refractivity contribution in [2.45, 2.75) is 0 Å². The van der Waals surface area contributed by atoms with Crippen molar-refractivity contribution in [3.8, 4) is 28.8 Å². The van der Waals surface area contributed by atoms with Crippen LogP contribution in [0.3, 0.4) is 0 Å². The van der Waals surface area contributed by atoms with Gasteiger partial charge in [-0.15, -0.1) is 15.3 Å². The van der Waals surface area contributed by atoms with E-state index in [9.17, 15) is 14.9 Å². The van der Waals surface area contributed by atoms with E-state index in [1.54, 1.807) is 38.5 Å². The minimum atomic E-state index is -0.586. The van der Waals surface area contributed by atoms with Crippen LogP contribution in [0.25, 0.3) is 17.0 Å². The highest BCUT2D eigenvalue weighted by molar-refractivity contribution is 6.34. The van der Waals surface area contributed by atoms with Gasteiger partial charge >= 0.3 is 0 Å². The van der Waals surface area contributed by atoms with Crippen molar-refractivity contribution in [3.63, 3.8) is 0 Å². The molecule has 4 rings (SSSR count). The van der Waals surface area contributed by atoms with Crippen molar-refractivity contribution in [2.24, 2.45) is 0 Å². The van der Waals surface area contributed by atoms with Gasteiger partial charge in [-0.2, -0.15) is 4.52 Å². The van der Waals surface area contributed by atoms with E-state index in [0.717, 1.165) is 6.07 Å². The van der Waals surface area contributed by atoms with Gasteiger partial charge in [0.25, 0.3) is 11.6 Å². The molecule has 12 nitrogen and oxygen atoms in total. The van der Waals surface area contributed by atoms with Gasteiger partial charge in [0, 0.05) is 23.8 Å². The molecule has 1 amide bonds. The number of aromatic nitrogens is 4. The number of nitro benzene ring substituents is 1. The highest BCUT2D eigenvalue weighted by Crippen LogP contribution is 2.31. The van der Waals surface area contributed by atoms with Crippen LogP contribution < -0.4 is 19.5 Å². The van der Waals surface area contributed by atoms with Gasteiger partial charge in [-0.3, -0.25) is 14.9 Å². The van der Waals surface area contributed by atoms with E-state index in [1.165, 1.54) is 16.6 Å². The van der Waals surface area contributed by atoms with Crippen molar-refractivity contribution in [3.05, 3.63) is 69.2 Å². The fourth-order valence-corrected chi connectivity index (χ4v) is 3.48. The summed E-state index contributed by atoms with van der Waals surface area (Å²) >= 11 is 5.99. The van der Waals surface area contributed by atoms with Crippen LogP contribution in [0.4, 0.5) is 5.69 Å². The molecule has 2 aromatic heterocycles. The molecule has 0 aliphatic heterocycles. The molecule has 0 atom stereocenters. The average Bonchev–Trinajstić information content (AvgIpc) is 3.29. The van der Waals surface area contributed by atoms with Crippen molar-refractivity contribution in [1.82, 2.24) is 25.1 Å². The van der Waals surface area contributed by atoms with Gasteiger partial charge in [-0.05, 0) is 30.3 Å². The number of nitrogens with zero attached hydrogens (tertiary/aromatic N) is 5. The summed E-state index contributed by atoms with van der Waals surface area (Å²) in [6.45, 7) is 0.263. The van der Waals surface area contributed by atoms with Crippen LogP contribution in [-0.2, 0) is 0 Å². The number of nitrogens with one attached hydrogen (secondary N) is 1. The summed E-state index contributed by atoms with van der Waals surface area (Å²) in [6, 6.07) is 12.3. The standard InChI is InChI=1S/C22H19ClN6O6/c1-33-17-6-3-13(11-18(17)34-2)21-26-25-19-7-8-20(27-28(19)21)35-10-9-24-22(30)15-5-4-14(29(31)32)12-16(15)23/h3-8,11-12H,9-10H2,1-2H3,(H,24,30). The molecule has 2 aromatic carbocycles. The number of methoxy groups -OCH3 is 2. The van der Waals surface area contributed by atoms with Crippen molar-refractivity contribution >= 4 is 28.8 Å². The first kappa shape index (κ1) is 23.7. The summed E-state index contributed by atoms with van der Waals surface area (Å²) in [5.41, 5.74) is 1.16. The number of hydrogen-bond acceptors (Lipinski definition) is 9. The number of halogens is 1. The molecule has 4 aromatic rings. The normalized spacial score (nSPS) is 10.7. The number of hydrogen-bond donors (Lipinski definition) is 1. The average molecular weight is 499 g/mol. The second-order valence-electron chi connectivity index (χ2n) is 7.06. The molecular formula is C22H19ClN6O6. The Morgan fingerprint density at radius 3 is 2.60 bits per heavy atom. The van der Waals surface area contributed by atoms with Crippen LogP contribution in [0.5, 0.6) is 17.4 Å². The monoisotopic (exact) mass is 498 g/mol. The molecule has 180 valence electrons. The summed E-state index contributed by atoms with van der Waals surface area (Å²) in [7, 11) is 3.10. The molecule has 0 spiro atoms. The fraction of sp³-hybridized carbons (Fsp3) is 0.182. The number of nitro groups is 1. The Hall–Kier alpha value is -4.45. The number of carbonyl (C=O) groups excluding carboxylic acids is 1. The summed E-state index contributed by atoms with van der Waals surface area (Å²) in [5.74, 6) is 1.41. The quantitative estimate of drug-likeness (QED) is 0.209. The number of non-ortho nitro benzene ring substituents is 1. The topological polar surface area (TPSA) is 143 Å². The van der Waals surface area contributed by atoms with Crippen LogP contribution in [0, 0.1) is 10.1 Å². The Balaban J connectivity index is 1.42. The third kappa shape index (κ3) is 5.06. The Labute approximate surface area is 203 Å². The summed E-state index contributed by atoms with van der Waals surface area (Å²) in [5, 5.41) is 26.2. The summed E-state index contributed by atoms with van der Waals surface area (Å²) < 4.78 is 17.8. The molecule has 35 heavy (non-hydrogen) atoms. The van der Waals surface area contributed by atoms with Gasteiger partial charge in [0.1, 0.15) is 6.61 Å². The molecule has 1 N–H and O–H groups in total. The molecule has 0 saturated carbocycles. The number of benzene rings is 2. The first-order valence-electron chi connectivity index (χ1n) is 10.2. The summed E-state index contributed by atoms with van der Waals surface area (Å²) in [4.78, 5) is 22.5. The lowest BCUT2D eigenvalue weighted by atomic mass is 10.2. The van der Waals surface area contributed by atoms with Gasteiger partial charge in [0.05, 0.1) is 36.3 Å². The van der Waals surface area contributed by atoms with E-state index in [4.69, 9.17) is 25.8 Å². The van der Waals surface area contributed by atoms with E-state index in [0.29, 0.717) is 34.4 Å². The van der Waals surface area contributed by atoms with Gasteiger partial charge in [-0.25, -0.2) is 0 Å². The highest BCUT2D eigenvalue weighted by atomic mass is 35.5. The van der Waals surface area contributed by atoms with E-state index >= 15 is 0 Å². The van der Waals surface area contributed by atoms with Gasteiger partial charge in [0.15, 0.2) is 23.0 Å². The van der Waals surface area contributed by atoms with E-state index in [2.05, 4.69) is 20.6 Å². The molecule has 0 bridgehead atoms. The third-order valence-electron chi connectivity index (χ3n) is 4.93. The van der Waals surface area contributed by atoms with E-state index < -0.39 is 10.8 Å². The van der Waals surface area contributed by atoms with Crippen molar-refractivity contribution in [1.29, 1.82) is 0 Å². The lowest BCUT2D eigenvalue weighted by molar-refractivity contribution is -0.384. The second-order valence-corrected chi connectivity index (χ2v) is 7.47. The highest BCUT2D eigenvalue weighted by Gasteiger charge is 2.16. The van der Waals surface area contributed by atoms with Gasteiger partial charge < -0.3 is 19.5 Å². The third-order valence-corrected chi connectivity index (χ3v) is 5.24. The first-order valence-corrected chi connectivity index (χ1v) is 10.6. The van der Waals surface area contributed by atoms with Crippen LogP contribution >= 0.6 is 11.6 Å². The second kappa shape index (κ2) is 10.2. The SMILES string of the molecule is COc1ccc(-c2nnc3ccc(OCCNC(=O)c4ccc([N+](=O)[O-])cc4Cl)nn23)cc1OC. The van der Waals surface area contributed by atoms with Crippen molar-refractivity contribution in [2.75, 3.05) is 27.4 Å². The van der Waals surface area contributed by atoms with Gasteiger partial charge in [0.2, 0.25) is 5.88 Å². The Bertz CT molecular complexity index is 1410. The number of ether oxygens (including phenoxy) is 3. The first-order chi connectivity index (χ1) is 16.9. The number of rotatable bonds is 9. The van der Waals surface area contributed by atoms with Crippen LogP contribution in [-0.4, -0.2) is 58.0 Å². The Kier molecular flexibility index (Phi) is 6.92. The number of amides is 1. The molecule has 0 fully saturated rings. The minimum absolute atomic E-state index is 0.0139. The van der Waals surface area contributed by atoms with Gasteiger partial charge in [-0.1, -0.05) is 11.6 Å². The van der Waals surface area contributed by atoms with Crippen LogP contribution in [0.1, 0.15) is 10.4 Å². The maximum atomic E-state index is 12.3. The van der Waals surface area contributed by atoms with E-state index in [-0.39, 0.29) is 29.4 Å². The molecule has 0 unspecified atom stereocenters. The molecule has 0 aliphatic rings. The zero-order valence-corrected chi connectivity index (χ0v) is 19.4. The molecule has 0 radical (unpaired) electrons. The Morgan fingerprint density at radius 1 is 1.09 bits per heavy atom. The zero-order valence-electron chi connectivity index (χ0n) is 18.6. The maximum absolute atomic E-state index is 12.3. The predicted octanol–water partition coefficient (Wildman–Crippen LogP) is 3.18. The molecule has 0 saturated heterocycles. The lowest BCUT2D eigenvalue weighted by Gasteiger charge is -2.09. The van der Waals surface area contributed by atoms with E-state index in [1.807, 2.05) is 6.07 Å². The molecule has 2 heterocycles. The largest absolute Gasteiger partial charge is 0.493 e. The number of carbonyl (C=O) groups is 1. The lowest BCUT2D eigenvalue weighted by Crippen LogP contribution is -2.28. The number of fused-ring (bicyclic) bond motifs is 1.